The van der Waals surface area contributed by atoms with Crippen LogP contribution >= 0.6 is 0 Å². The standard InChI is InChI=1S/C17H27N3O/c1-4-14-11-20(16(5-2)10-18-14)12-17(21)19-15-8-6-13(3)7-9-15/h6-9,14,16,18H,4-5,10-12H2,1-3H3,(H,19,21). The van der Waals surface area contributed by atoms with Crippen LogP contribution < -0.4 is 10.6 Å². The van der Waals surface area contributed by atoms with Gasteiger partial charge in [-0.3, -0.25) is 9.69 Å². The number of nitrogens with zero attached hydrogens (tertiary/aromatic N) is 1. The molecule has 4 nitrogen and oxygen atoms in total. The van der Waals surface area contributed by atoms with Crippen molar-refractivity contribution in [3.63, 3.8) is 0 Å². The number of carbonyl (C=O) groups is 1. The first-order valence-corrected chi connectivity index (χ1v) is 7.96. The predicted octanol–water partition coefficient (Wildman–Crippen LogP) is 2.40. The molecule has 116 valence electrons. The van der Waals surface area contributed by atoms with Crippen molar-refractivity contribution in [1.29, 1.82) is 0 Å². The van der Waals surface area contributed by atoms with E-state index in [9.17, 15) is 4.79 Å². The number of rotatable bonds is 5. The lowest BCUT2D eigenvalue weighted by Gasteiger charge is -2.39. The Morgan fingerprint density at radius 3 is 2.62 bits per heavy atom. The lowest BCUT2D eigenvalue weighted by Crippen LogP contribution is -2.57. The average Bonchev–Trinajstić information content (AvgIpc) is 2.49. The van der Waals surface area contributed by atoms with Gasteiger partial charge in [0.25, 0.3) is 0 Å². The molecule has 2 rings (SSSR count). The van der Waals surface area contributed by atoms with Gasteiger partial charge in [0.05, 0.1) is 6.54 Å². The van der Waals surface area contributed by atoms with E-state index in [-0.39, 0.29) is 5.91 Å². The quantitative estimate of drug-likeness (QED) is 0.875. The summed E-state index contributed by atoms with van der Waals surface area (Å²) in [7, 11) is 0. The van der Waals surface area contributed by atoms with E-state index in [1.54, 1.807) is 0 Å². The van der Waals surface area contributed by atoms with Crippen molar-refractivity contribution in [1.82, 2.24) is 10.2 Å². The van der Waals surface area contributed by atoms with Crippen LogP contribution in [0.2, 0.25) is 0 Å². The van der Waals surface area contributed by atoms with Crippen molar-refractivity contribution in [3.8, 4) is 0 Å². The Bertz CT molecular complexity index is 458. The lowest BCUT2D eigenvalue weighted by atomic mass is 10.1. The van der Waals surface area contributed by atoms with E-state index >= 15 is 0 Å². The Kier molecular flexibility index (Phi) is 5.76. The number of anilines is 1. The molecule has 2 unspecified atom stereocenters. The van der Waals surface area contributed by atoms with Crippen molar-refractivity contribution in [2.24, 2.45) is 0 Å². The Morgan fingerprint density at radius 2 is 2.00 bits per heavy atom. The predicted molar refractivity (Wildman–Crippen MR) is 87.5 cm³/mol. The van der Waals surface area contributed by atoms with Crippen LogP contribution in [0.15, 0.2) is 24.3 Å². The van der Waals surface area contributed by atoms with E-state index in [1.807, 2.05) is 31.2 Å². The molecule has 2 N–H and O–H groups in total. The molecule has 1 heterocycles. The average molecular weight is 289 g/mol. The van der Waals surface area contributed by atoms with Gasteiger partial charge in [-0.05, 0) is 31.9 Å². The highest BCUT2D eigenvalue weighted by atomic mass is 16.2. The van der Waals surface area contributed by atoms with E-state index in [2.05, 4.69) is 29.4 Å². The lowest BCUT2D eigenvalue weighted by molar-refractivity contribution is -0.118. The minimum Gasteiger partial charge on any atom is -0.325 e. The van der Waals surface area contributed by atoms with E-state index in [0.29, 0.717) is 18.6 Å². The fraction of sp³-hybridized carbons (Fsp3) is 0.588. The maximum Gasteiger partial charge on any atom is 0.238 e. The summed E-state index contributed by atoms with van der Waals surface area (Å²) < 4.78 is 0. The second-order valence-electron chi connectivity index (χ2n) is 5.92. The summed E-state index contributed by atoms with van der Waals surface area (Å²) >= 11 is 0. The Morgan fingerprint density at radius 1 is 1.29 bits per heavy atom. The van der Waals surface area contributed by atoms with Crippen LogP contribution in [0.25, 0.3) is 0 Å². The normalized spacial score (nSPS) is 23.0. The summed E-state index contributed by atoms with van der Waals surface area (Å²) in [6.45, 7) is 8.83. The van der Waals surface area contributed by atoms with Crippen molar-refractivity contribution in [2.45, 2.75) is 45.7 Å². The zero-order valence-corrected chi connectivity index (χ0v) is 13.4. The number of amides is 1. The largest absolute Gasteiger partial charge is 0.325 e. The van der Waals surface area contributed by atoms with E-state index < -0.39 is 0 Å². The fourth-order valence-corrected chi connectivity index (χ4v) is 2.82. The highest BCUT2D eigenvalue weighted by molar-refractivity contribution is 5.92. The zero-order valence-electron chi connectivity index (χ0n) is 13.4. The third-order valence-corrected chi connectivity index (χ3v) is 4.26. The van der Waals surface area contributed by atoms with Gasteiger partial charge in [-0.1, -0.05) is 31.5 Å². The number of hydrogen-bond donors (Lipinski definition) is 2. The number of aryl methyl sites for hydroxylation is 1. The van der Waals surface area contributed by atoms with Crippen molar-refractivity contribution >= 4 is 11.6 Å². The molecule has 1 aliphatic rings. The maximum atomic E-state index is 12.2. The van der Waals surface area contributed by atoms with Gasteiger partial charge in [0.15, 0.2) is 0 Å². The molecule has 0 bridgehead atoms. The van der Waals surface area contributed by atoms with Crippen molar-refractivity contribution in [3.05, 3.63) is 29.8 Å². The van der Waals surface area contributed by atoms with Gasteiger partial charge in [0.2, 0.25) is 5.91 Å². The van der Waals surface area contributed by atoms with E-state index in [4.69, 9.17) is 0 Å². The first-order valence-electron chi connectivity index (χ1n) is 7.96. The summed E-state index contributed by atoms with van der Waals surface area (Å²) in [5, 5.41) is 6.55. The number of piperazine rings is 1. The van der Waals surface area contributed by atoms with Gasteiger partial charge in [-0.25, -0.2) is 0 Å². The maximum absolute atomic E-state index is 12.2. The van der Waals surface area contributed by atoms with Crippen LogP contribution in [0.4, 0.5) is 5.69 Å². The highest BCUT2D eigenvalue weighted by Gasteiger charge is 2.27. The van der Waals surface area contributed by atoms with E-state index in [1.165, 1.54) is 5.56 Å². The molecule has 2 atom stereocenters. The van der Waals surface area contributed by atoms with Crippen LogP contribution in [0, 0.1) is 6.92 Å². The topological polar surface area (TPSA) is 44.4 Å². The molecule has 1 fully saturated rings. The molecular weight excluding hydrogens is 262 g/mol. The first kappa shape index (κ1) is 16.0. The molecule has 0 radical (unpaired) electrons. The summed E-state index contributed by atoms with van der Waals surface area (Å²) in [6.07, 6.45) is 2.17. The number of benzene rings is 1. The van der Waals surface area contributed by atoms with Crippen LogP contribution in [-0.4, -0.2) is 42.5 Å². The molecule has 0 aromatic heterocycles. The highest BCUT2D eigenvalue weighted by Crippen LogP contribution is 2.13. The van der Waals surface area contributed by atoms with Crippen LogP contribution in [0.5, 0.6) is 0 Å². The SMILES string of the molecule is CCC1CN(CC(=O)Nc2ccc(C)cc2)C(CC)CN1. The summed E-state index contributed by atoms with van der Waals surface area (Å²) in [4.78, 5) is 14.6. The van der Waals surface area contributed by atoms with Crippen LogP contribution in [0.3, 0.4) is 0 Å². The monoisotopic (exact) mass is 289 g/mol. The molecular formula is C17H27N3O. The van der Waals surface area contributed by atoms with Gasteiger partial charge in [-0.2, -0.15) is 0 Å². The molecule has 0 spiro atoms. The van der Waals surface area contributed by atoms with Gasteiger partial charge in [0.1, 0.15) is 0 Å². The van der Waals surface area contributed by atoms with Crippen LogP contribution in [0.1, 0.15) is 32.3 Å². The summed E-state index contributed by atoms with van der Waals surface area (Å²) in [6, 6.07) is 8.90. The molecule has 4 heteroatoms. The minimum absolute atomic E-state index is 0.0778. The van der Waals surface area contributed by atoms with Crippen molar-refractivity contribution in [2.75, 3.05) is 25.0 Å². The van der Waals surface area contributed by atoms with Crippen LogP contribution in [-0.2, 0) is 4.79 Å². The van der Waals surface area contributed by atoms with Gasteiger partial charge >= 0.3 is 0 Å². The third kappa shape index (κ3) is 4.55. The molecule has 1 aromatic rings. The zero-order chi connectivity index (χ0) is 15.2. The molecule has 0 saturated carbocycles. The molecule has 1 aliphatic heterocycles. The molecule has 21 heavy (non-hydrogen) atoms. The Labute approximate surface area is 127 Å². The minimum atomic E-state index is 0.0778. The fourth-order valence-electron chi connectivity index (χ4n) is 2.82. The second-order valence-corrected chi connectivity index (χ2v) is 5.92. The first-order chi connectivity index (χ1) is 10.1. The smallest absolute Gasteiger partial charge is 0.238 e. The van der Waals surface area contributed by atoms with E-state index in [0.717, 1.165) is 31.6 Å². The Hall–Kier alpha value is -1.39. The number of nitrogens with one attached hydrogen (secondary N) is 2. The number of carbonyl (C=O) groups excluding carboxylic acids is 1. The second kappa shape index (κ2) is 7.57. The summed E-state index contributed by atoms with van der Waals surface area (Å²) in [5.74, 6) is 0.0778. The molecule has 0 aliphatic carbocycles. The van der Waals surface area contributed by atoms with Crippen molar-refractivity contribution < 1.29 is 4.79 Å². The Balaban J connectivity index is 1.91. The van der Waals surface area contributed by atoms with Gasteiger partial charge in [0, 0.05) is 30.9 Å². The third-order valence-electron chi connectivity index (χ3n) is 4.26. The molecule has 1 amide bonds. The van der Waals surface area contributed by atoms with Gasteiger partial charge in [-0.15, -0.1) is 0 Å². The molecule has 1 aromatic carbocycles. The molecule has 1 saturated heterocycles. The summed E-state index contributed by atoms with van der Waals surface area (Å²) in [5.41, 5.74) is 2.08. The van der Waals surface area contributed by atoms with Gasteiger partial charge < -0.3 is 10.6 Å². The number of hydrogen-bond acceptors (Lipinski definition) is 3.